The molecule has 2 rings (SSSR count). The second kappa shape index (κ2) is 4.82. The number of benzene rings is 2. The first-order valence-electron chi connectivity index (χ1n) is 4.94. The molecule has 0 bridgehead atoms. The zero-order chi connectivity index (χ0) is 13.3. The average molecular weight is 271 g/mol. The molecule has 0 aliphatic heterocycles. The average Bonchev–Trinajstić information content (AvgIpc) is 2.34. The van der Waals surface area contributed by atoms with Gasteiger partial charge < -0.3 is 0 Å². The highest BCUT2D eigenvalue weighted by Crippen LogP contribution is 2.21. The summed E-state index contributed by atoms with van der Waals surface area (Å²) in [6.45, 7) is 0. The van der Waals surface area contributed by atoms with Crippen LogP contribution in [0.1, 0.15) is 15.9 Å². The van der Waals surface area contributed by atoms with E-state index in [9.17, 15) is 18.0 Å². The second-order valence-electron chi connectivity index (χ2n) is 3.58. The Balaban J connectivity index is 2.46. The van der Waals surface area contributed by atoms with Gasteiger partial charge in [-0.1, -0.05) is 11.6 Å². The van der Waals surface area contributed by atoms with Crippen molar-refractivity contribution in [2.24, 2.45) is 0 Å². The van der Waals surface area contributed by atoms with Crippen LogP contribution in [0.15, 0.2) is 36.4 Å². The molecule has 18 heavy (non-hydrogen) atoms. The minimum Gasteiger partial charge on any atom is -0.288 e. The SMILES string of the molecule is O=C(c1ccc(F)cc1)c1cc(F)c(Cl)cc1F. The summed E-state index contributed by atoms with van der Waals surface area (Å²) in [4.78, 5) is 11.9. The maximum Gasteiger partial charge on any atom is 0.196 e. The molecule has 0 atom stereocenters. The fourth-order valence-electron chi connectivity index (χ4n) is 1.45. The highest BCUT2D eigenvalue weighted by molar-refractivity contribution is 6.30. The molecular weight excluding hydrogens is 265 g/mol. The van der Waals surface area contributed by atoms with Crippen molar-refractivity contribution in [3.63, 3.8) is 0 Å². The molecule has 0 fully saturated rings. The van der Waals surface area contributed by atoms with E-state index >= 15 is 0 Å². The van der Waals surface area contributed by atoms with Gasteiger partial charge in [0.1, 0.15) is 17.5 Å². The van der Waals surface area contributed by atoms with Crippen LogP contribution in [0.5, 0.6) is 0 Å². The van der Waals surface area contributed by atoms with Crippen molar-refractivity contribution in [2.75, 3.05) is 0 Å². The molecule has 0 aliphatic rings. The quantitative estimate of drug-likeness (QED) is 0.596. The third kappa shape index (κ3) is 2.38. The third-order valence-electron chi connectivity index (χ3n) is 2.36. The van der Waals surface area contributed by atoms with E-state index in [0.29, 0.717) is 0 Å². The first kappa shape index (κ1) is 12.6. The molecule has 0 aliphatic carbocycles. The molecule has 2 aromatic rings. The third-order valence-corrected chi connectivity index (χ3v) is 2.65. The van der Waals surface area contributed by atoms with Crippen molar-refractivity contribution >= 4 is 17.4 Å². The number of hydrogen-bond acceptors (Lipinski definition) is 1. The van der Waals surface area contributed by atoms with Crippen LogP contribution in [0.4, 0.5) is 13.2 Å². The van der Waals surface area contributed by atoms with Gasteiger partial charge in [0.2, 0.25) is 0 Å². The Kier molecular flexibility index (Phi) is 3.39. The molecule has 0 heterocycles. The van der Waals surface area contributed by atoms with Crippen LogP contribution in [0.3, 0.4) is 0 Å². The highest BCUT2D eigenvalue weighted by atomic mass is 35.5. The maximum atomic E-state index is 13.5. The number of hydrogen-bond donors (Lipinski definition) is 0. The van der Waals surface area contributed by atoms with Crippen LogP contribution >= 0.6 is 11.6 Å². The van der Waals surface area contributed by atoms with E-state index in [1.165, 1.54) is 12.1 Å². The lowest BCUT2D eigenvalue weighted by Crippen LogP contribution is -2.05. The van der Waals surface area contributed by atoms with Gasteiger partial charge in [0.15, 0.2) is 5.78 Å². The van der Waals surface area contributed by atoms with Crippen LogP contribution in [-0.2, 0) is 0 Å². The summed E-state index contributed by atoms with van der Waals surface area (Å²) in [5.41, 5.74) is -0.375. The summed E-state index contributed by atoms with van der Waals surface area (Å²) in [6, 6.07) is 5.99. The first-order chi connectivity index (χ1) is 8.49. The van der Waals surface area contributed by atoms with Crippen LogP contribution in [0.25, 0.3) is 0 Å². The van der Waals surface area contributed by atoms with Gasteiger partial charge in [0, 0.05) is 5.56 Å². The van der Waals surface area contributed by atoms with Crippen molar-refractivity contribution in [2.45, 2.75) is 0 Å². The molecule has 0 spiro atoms. The lowest BCUT2D eigenvalue weighted by atomic mass is 10.0. The Bertz CT molecular complexity index is 608. The van der Waals surface area contributed by atoms with Gasteiger partial charge >= 0.3 is 0 Å². The molecule has 0 saturated heterocycles. The standard InChI is InChI=1S/C13H6ClF3O/c14-10-6-11(16)9(5-12(10)17)13(18)7-1-3-8(15)4-2-7/h1-6H. The number of halogens is 4. The van der Waals surface area contributed by atoms with Crippen molar-refractivity contribution in [3.05, 3.63) is 70.0 Å². The molecule has 0 N–H and O–H groups in total. The maximum absolute atomic E-state index is 13.5. The Morgan fingerprint density at radius 3 is 2.17 bits per heavy atom. The molecule has 0 unspecified atom stereocenters. The van der Waals surface area contributed by atoms with Crippen molar-refractivity contribution in [3.8, 4) is 0 Å². The van der Waals surface area contributed by atoms with Crippen molar-refractivity contribution < 1.29 is 18.0 Å². The van der Waals surface area contributed by atoms with E-state index in [-0.39, 0.29) is 5.56 Å². The lowest BCUT2D eigenvalue weighted by Gasteiger charge is -2.04. The summed E-state index contributed by atoms with van der Waals surface area (Å²) in [6.07, 6.45) is 0. The first-order valence-corrected chi connectivity index (χ1v) is 5.31. The van der Waals surface area contributed by atoms with E-state index in [1.54, 1.807) is 0 Å². The largest absolute Gasteiger partial charge is 0.288 e. The highest BCUT2D eigenvalue weighted by Gasteiger charge is 2.17. The van der Waals surface area contributed by atoms with Crippen molar-refractivity contribution in [1.82, 2.24) is 0 Å². The Morgan fingerprint density at radius 1 is 0.944 bits per heavy atom. The summed E-state index contributed by atoms with van der Waals surface area (Å²) < 4.78 is 39.4. The lowest BCUT2D eigenvalue weighted by molar-refractivity contribution is 0.103. The number of ketones is 1. The fraction of sp³-hybridized carbons (Fsp3) is 0. The van der Waals surface area contributed by atoms with Gasteiger partial charge in [-0.05, 0) is 36.4 Å². The molecule has 0 saturated carbocycles. The summed E-state index contributed by atoms with van der Waals surface area (Å²) in [7, 11) is 0. The molecule has 92 valence electrons. The van der Waals surface area contributed by atoms with Crippen molar-refractivity contribution in [1.29, 1.82) is 0 Å². The van der Waals surface area contributed by atoms with Crippen LogP contribution < -0.4 is 0 Å². The molecule has 0 amide bonds. The monoisotopic (exact) mass is 270 g/mol. The minimum atomic E-state index is -0.921. The van der Waals surface area contributed by atoms with Crippen LogP contribution in [0.2, 0.25) is 5.02 Å². The topological polar surface area (TPSA) is 17.1 Å². The fourth-order valence-corrected chi connectivity index (χ4v) is 1.60. The number of carbonyl (C=O) groups excluding carboxylic acids is 1. The van der Waals surface area contributed by atoms with Crippen LogP contribution in [0, 0.1) is 17.5 Å². The zero-order valence-corrected chi connectivity index (χ0v) is 9.64. The van der Waals surface area contributed by atoms with Gasteiger partial charge in [-0.15, -0.1) is 0 Å². The van der Waals surface area contributed by atoms with E-state index in [0.717, 1.165) is 24.3 Å². The number of carbonyl (C=O) groups is 1. The smallest absolute Gasteiger partial charge is 0.196 e. The summed E-state index contributed by atoms with van der Waals surface area (Å²) in [5, 5.41) is -0.400. The minimum absolute atomic E-state index is 0.0667. The number of rotatable bonds is 2. The zero-order valence-electron chi connectivity index (χ0n) is 8.88. The predicted molar refractivity (Wildman–Crippen MR) is 61.2 cm³/mol. The second-order valence-corrected chi connectivity index (χ2v) is 3.99. The molecule has 2 aromatic carbocycles. The molecule has 5 heteroatoms. The summed E-state index contributed by atoms with van der Waals surface area (Å²) >= 11 is 5.38. The van der Waals surface area contributed by atoms with E-state index in [4.69, 9.17) is 11.6 Å². The normalized spacial score (nSPS) is 10.4. The van der Waals surface area contributed by atoms with E-state index < -0.39 is 33.8 Å². The van der Waals surface area contributed by atoms with Gasteiger partial charge in [-0.2, -0.15) is 0 Å². The molecular formula is C13H6ClF3O. The Morgan fingerprint density at radius 2 is 1.56 bits per heavy atom. The molecule has 1 nitrogen and oxygen atoms in total. The Hall–Kier alpha value is -1.81. The molecule has 0 radical (unpaired) electrons. The predicted octanol–water partition coefficient (Wildman–Crippen LogP) is 3.99. The van der Waals surface area contributed by atoms with Gasteiger partial charge in [-0.3, -0.25) is 4.79 Å². The van der Waals surface area contributed by atoms with Gasteiger partial charge in [0.25, 0.3) is 0 Å². The van der Waals surface area contributed by atoms with Gasteiger partial charge in [-0.25, -0.2) is 13.2 Å². The Labute approximate surface area is 106 Å². The van der Waals surface area contributed by atoms with Gasteiger partial charge in [0.05, 0.1) is 10.6 Å². The van der Waals surface area contributed by atoms with Crippen LogP contribution in [-0.4, -0.2) is 5.78 Å². The molecule has 0 aromatic heterocycles. The summed E-state index contributed by atoms with van der Waals surface area (Å²) in [5.74, 6) is -3.06. The van der Waals surface area contributed by atoms with E-state index in [2.05, 4.69) is 0 Å². The van der Waals surface area contributed by atoms with E-state index in [1.807, 2.05) is 0 Å².